The average Bonchev–Trinajstić information content (AvgIpc) is 2.59. The second kappa shape index (κ2) is 7.61. The molecule has 1 heterocycles. The lowest BCUT2D eigenvalue weighted by atomic mass is 10.1. The summed E-state index contributed by atoms with van der Waals surface area (Å²) < 4.78 is 5.00. The van der Waals surface area contributed by atoms with Gasteiger partial charge in [0, 0.05) is 18.9 Å². The summed E-state index contributed by atoms with van der Waals surface area (Å²) in [4.78, 5) is 16.0. The molecule has 2 N–H and O–H groups in total. The molecule has 6 nitrogen and oxygen atoms in total. The molecule has 0 atom stereocenters. The minimum absolute atomic E-state index is 0.0100. The molecule has 2 aromatic rings. The zero-order valence-corrected chi connectivity index (χ0v) is 12.5. The van der Waals surface area contributed by atoms with Crippen LogP contribution in [0.1, 0.15) is 11.1 Å². The van der Waals surface area contributed by atoms with Crippen LogP contribution in [-0.4, -0.2) is 23.1 Å². The Bertz CT molecular complexity index is 764. The molecule has 1 amide bonds. The van der Waals surface area contributed by atoms with Gasteiger partial charge in [0.2, 0.25) is 0 Å². The molecule has 0 fully saturated rings. The van der Waals surface area contributed by atoms with Crippen molar-refractivity contribution in [2.24, 2.45) is 0 Å². The number of carbonyl (C=O) groups excluding carboxylic acids is 1. The second-order valence-electron chi connectivity index (χ2n) is 4.65. The number of hydrogen-bond acceptors (Lipinski definition) is 5. The fraction of sp³-hybridized carbons (Fsp3) is 0.118. The van der Waals surface area contributed by atoms with Gasteiger partial charge in [-0.15, -0.1) is 0 Å². The van der Waals surface area contributed by atoms with E-state index in [4.69, 9.17) is 10.00 Å². The van der Waals surface area contributed by atoms with Gasteiger partial charge in [0.05, 0.1) is 7.11 Å². The lowest BCUT2D eigenvalue weighted by Crippen LogP contribution is -2.24. The molecule has 1 aromatic carbocycles. The number of nitrogens with zero attached hydrogens (tertiary/aromatic N) is 2. The summed E-state index contributed by atoms with van der Waals surface area (Å²) in [6, 6.07) is 10.0. The maximum Gasteiger partial charge on any atom is 0.262 e. The predicted molar refractivity (Wildman–Crippen MR) is 84.3 cm³/mol. The van der Waals surface area contributed by atoms with Crippen molar-refractivity contribution in [3.05, 3.63) is 59.4 Å². The van der Waals surface area contributed by atoms with E-state index >= 15 is 0 Å². The molecule has 0 bridgehead atoms. The monoisotopic (exact) mass is 309 g/mol. The number of aromatic hydroxyl groups is 1. The highest BCUT2D eigenvalue weighted by Gasteiger charge is 2.10. The van der Waals surface area contributed by atoms with Crippen LogP contribution < -0.4 is 10.1 Å². The zero-order valence-electron chi connectivity index (χ0n) is 12.5. The Morgan fingerprint density at radius 2 is 2.30 bits per heavy atom. The third kappa shape index (κ3) is 4.32. The van der Waals surface area contributed by atoms with Crippen LogP contribution in [0.25, 0.3) is 6.08 Å². The fourth-order valence-corrected chi connectivity index (χ4v) is 1.88. The van der Waals surface area contributed by atoms with Crippen molar-refractivity contribution in [3.8, 4) is 17.6 Å². The molecule has 0 spiro atoms. The summed E-state index contributed by atoms with van der Waals surface area (Å²) in [5, 5.41) is 21.4. The Kier molecular flexibility index (Phi) is 5.31. The molecule has 0 unspecified atom stereocenters. The number of nitrogens with one attached hydrogen (secondary N) is 1. The quantitative estimate of drug-likeness (QED) is 0.651. The van der Waals surface area contributed by atoms with Gasteiger partial charge >= 0.3 is 0 Å². The normalized spacial score (nSPS) is 10.7. The highest BCUT2D eigenvalue weighted by molar-refractivity contribution is 6.01. The summed E-state index contributed by atoms with van der Waals surface area (Å²) in [6.45, 7) is 0.282. The number of aromatic nitrogens is 1. The molecule has 0 aliphatic heterocycles. The number of benzene rings is 1. The molecular formula is C17H15N3O3. The topological polar surface area (TPSA) is 95.2 Å². The number of pyridine rings is 1. The number of hydrogen-bond donors (Lipinski definition) is 2. The molecule has 2 rings (SSSR count). The molecule has 0 aliphatic rings. The van der Waals surface area contributed by atoms with E-state index < -0.39 is 5.91 Å². The van der Waals surface area contributed by atoms with E-state index in [1.807, 2.05) is 12.1 Å². The van der Waals surface area contributed by atoms with Crippen molar-refractivity contribution in [2.75, 3.05) is 7.11 Å². The van der Waals surface area contributed by atoms with Crippen molar-refractivity contribution in [1.29, 1.82) is 5.26 Å². The third-order valence-corrected chi connectivity index (χ3v) is 3.06. The fourth-order valence-electron chi connectivity index (χ4n) is 1.88. The van der Waals surface area contributed by atoms with E-state index in [0.29, 0.717) is 5.56 Å². The lowest BCUT2D eigenvalue weighted by Gasteiger charge is -2.06. The number of methoxy groups -OCH3 is 1. The van der Waals surface area contributed by atoms with Crippen molar-refractivity contribution in [3.63, 3.8) is 0 Å². The van der Waals surface area contributed by atoms with Crippen LogP contribution in [0.15, 0.2) is 48.3 Å². The number of rotatable bonds is 5. The Morgan fingerprint density at radius 3 is 2.96 bits per heavy atom. The van der Waals surface area contributed by atoms with E-state index in [9.17, 15) is 9.90 Å². The lowest BCUT2D eigenvalue weighted by molar-refractivity contribution is -0.117. The van der Waals surface area contributed by atoms with E-state index in [0.717, 1.165) is 5.56 Å². The summed E-state index contributed by atoms with van der Waals surface area (Å²) in [6.07, 6.45) is 4.71. The zero-order chi connectivity index (χ0) is 16.7. The van der Waals surface area contributed by atoms with Gasteiger partial charge < -0.3 is 15.2 Å². The van der Waals surface area contributed by atoms with Gasteiger partial charge in [-0.3, -0.25) is 9.78 Å². The van der Waals surface area contributed by atoms with Gasteiger partial charge in [-0.05, 0) is 35.4 Å². The van der Waals surface area contributed by atoms with Gasteiger partial charge in [0.1, 0.15) is 11.6 Å². The molecule has 23 heavy (non-hydrogen) atoms. The first-order chi connectivity index (χ1) is 11.1. The number of phenolic OH excluding ortho intramolecular Hbond substituents is 1. The predicted octanol–water partition coefficient (Wildman–Crippen LogP) is 2.02. The van der Waals surface area contributed by atoms with Crippen LogP contribution in [-0.2, 0) is 11.3 Å². The largest absolute Gasteiger partial charge is 0.504 e. The number of nitriles is 1. The first-order valence-corrected chi connectivity index (χ1v) is 6.80. The van der Waals surface area contributed by atoms with Crippen LogP contribution >= 0.6 is 0 Å². The molecular weight excluding hydrogens is 294 g/mol. The van der Waals surface area contributed by atoms with Crippen molar-refractivity contribution < 1.29 is 14.6 Å². The minimum atomic E-state index is -0.483. The van der Waals surface area contributed by atoms with Crippen LogP contribution in [0, 0.1) is 11.3 Å². The Morgan fingerprint density at radius 1 is 1.48 bits per heavy atom. The van der Waals surface area contributed by atoms with Crippen molar-refractivity contribution in [2.45, 2.75) is 6.54 Å². The van der Waals surface area contributed by atoms with E-state index in [2.05, 4.69) is 10.3 Å². The maximum atomic E-state index is 12.1. The molecule has 6 heteroatoms. The SMILES string of the molecule is COc1cc(C=C(C#N)C(=O)NCc2cccnc2)ccc1O. The van der Waals surface area contributed by atoms with E-state index in [-0.39, 0.29) is 23.6 Å². The second-order valence-corrected chi connectivity index (χ2v) is 4.65. The van der Waals surface area contributed by atoms with Crippen LogP contribution in [0.5, 0.6) is 11.5 Å². The minimum Gasteiger partial charge on any atom is -0.504 e. The van der Waals surface area contributed by atoms with Gasteiger partial charge in [-0.2, -0.15) is 5.26 Å². The van der Waals surface area contributed by atoms with Crippen LogP contribution in [0.3, 0.4) is 0 Å². The summed E-state index contributed by atoms with van der Waals surface area (Å²) >= 11 is 0. The molecule has 0 radical (unpaired) electrons. The van der Waals surface area contributed by atoms with Gasteiger partial charge in [0.15, 0.2) is 11.5 Å². The van der Waals surface area contributed by atoms with Crippen LogP contribution in [0.2, 0.25) is 0 Å². The number of carbonyl (C=O) groups is 1. The molecule has 0 saturated heterocycles. The maximum absolute atomic E-state index is 12.1. The van der Waals surface area contributed by atoms with Gasteiger partial charge in [-0.1, -0.05) is 12.1 Å². The first-order valence-electron chi connectivity index (χ1n) is 6.80. The van der Waals surface area contributed by atoms with E-state index in [1.54, 1.807) is 30.6 Å². The molecule has 116 valence electrons. The highest BCUT2D eigenvalue weighted by Crippen LogP contribution is 2.27. The van der Waals surface area contributed by atoms with Gasteiger partial charge in [-0.25, -0.2) is 0 Å². The van der Waals surface area contributed by atoms with Gasteiger partial charge in [0.25, 0.3) is 5.91 Å². The Balaban J connectivity index is 2.12. The molecule has 0 aliphatic carbocycles. The number of ether oxygens (including phenoxy) is 1. The highest BCUT2D eigenvalue weighted by atomic mass is 16.5. The van der Waals surface area contributed by atoms with E-state index in [1.165, 1.54) is 19.3 Å². The van der Waals surface area contributed by atoms with Crippen molar-refractivity contribution >= 4 is 12.0 Å². The molecule has 1 aromatic heterocycles. The number of amides is 1. The van der Waals surface area contributed by atoms with Crippen molar-refractivity contribution in [1.82, 2.24) is 10.3 Å². The Labute approximate surface area is 133 Å². The smallest absolute Gasteiger partial charge is 0.262 e. The first kappa shape index (κ1) is 16.0. The Hall–Kier alpha value is -3.33. The van der Waals surface area contributed by atoms with Crippen LogP contribution in [0.4, 0.5) is 0 Å². The average molecular weight is 309 g/mol. The molecule has 0 saturated carbocycles. The standard InChI is InChI=1S/C17H15N3O3/c1-23-16-8-12(4-5-15(16)21)7-14(9-18)17(22)20-11-13-3-2-6-19-10-13/h2-8,10,21H,11H2,1H3,(H,20,22). The summed E-state index contributed by atoms with van der Waals surface area (Å²) in [5.41, 5.74) is 1.37. The summed E-state index contributed by atoms with van der Waals surface area (Å²) in [5.74, 6) is -0.223. The number of phenols is 1. The summed E-state index contributed by atoms with van der Waals surface area (Å²) in [7, 11) is 1.42. The third-order valence-electron chi connectivity index (χ3n) is 3.06.